The fourth-order valence-corrected chi connectivity index (χ4v) is 3.26. The number of fused-ring (bicyclic) bond motifs is 1. The van der Waals surface area contributed by atoms with Gasteiger partial charge in [0, 0.05) is 23.7 Å². The molecule has 0 aliphatic heterocycles. The van der Waals surface area contributed by atoms with Crippen molar-refractivity contribution in [2.45, 2.75) is 38.1 Å². The number of hydrogen-bond acceptors (Lipinski definition) is 3. The van der Waals surface area contributed by atoms with Crippen LogP contribution < -0.4 is 15.8 Å². The quantitative estimate of drug-likeness (QED) is 0.873. The molecule has 0 fully saturated rings. The van der Waals surface area contributed by atoms with Crippen molar-refractivity contribution in [1.82, 2.24) is 5.32 Å². The molecule has 122 valence electrons. The molecule has 2 aromatic rings. The summed E-state index contributed by atoms with van der Waals surface area (Å²) in [7, 11) is 0. The van der Waals surface area contributed by atoms with Crippen molar-refractivity contribution in [2.24, 2.45) is 5.73 Å². The normalized spacial score (nSPS) is 21.3. The Kier molecular flexibility index (Phi) is 4.59. The van der Waals surface area contributed by atoms with E-state index in [-0.39, 0.29) is 23.9 Å². The highest BCUT2D eigenvalue weighted by Crippen LogP contribution is 2.39. The van der Waals surface area contributed by atoms with E-state index >= 15 is 0 Å². The van der Waals surface area contributed by atoms with Crippen LogP contribution in [0.3, 0.4) is 0 Å². The van der Waals surface area contributed by atoms with E-state index in [0.717, 1.165) is 12.0 Å². The maximum Gasteiger partial charge on any atom is 0.387 e. The summed E-state index contributed by atoms with van der Waals surface area (Å²) in [6, 6.07) is 14.9. The summed E-state index contributed by atoms with van der Waals surface area (Å²) in [5.74, 6) is 0.207. The zero-order chi connectivity index (χ0) is 16.4. The maximum atomic E-state index is 12.6. The van der Waals surface area contributed by atoms with Crippen molar-refractivity contribution in [3.63, 3.8) is 0 Å². The molecular formula is C18H20F2N2O. The van der Waals surface area contributed by atoms with Gasteiger partial charge in [0.05, 0.1) is 0 Å². The number of nitrogens with one attached hydrogen (secondary N) is 1. The van der Waals surface area contributed by atoms with Crippen molar-refractivity contribution in [2.75, 3.05) is 0 Å². The molecule has 5 heteroatoms. The summed E-state index contributed by atoms with van der Waals surface area (Å²) >= 11 is 0. The molecule has 0 radical (unpaired) electrons. The van der Waals surface area contributed by atoms with E-state index in [2.05, 4.69) is 16.1 Å². The van der Waals surface area contributed by atoms with E-state index < -0.39 is 6.61 Å². The van der Waals surface area contributed by atoms with Crippen LogP contribution in [0, 0.1) is 0 Å². The van der Waals surface area contributed by atoms with Gasteiger partial charge in [0.15, 0.2) is 0 Å². The van der Waals surface area contributed by atoms with E-state index in [1.165, 1.54) is 5.56 Å². The molecule has 1 aliphatic rings. The monoisotopic (exact) mass is 318 g/mol. The fourth-order valence-electron chi connectivity index (χ4n) is 3.26. The van der Waals surface area contributed by atoms with E-state index in [1.807, 2.05) is 31.2 Å². The molecule has 0 saturated carbocycles. The number of nitrogens with two attached hydrogens (primary N) is 1. The second kappa shape index (κ2) is 6.64. The van der Waals surface area contributed by atoms with Crippen LogP contribution in [-0.4, -0.2) is 6.61 Å². The van der Waals surface area contributed by atoms with Gasteiger partial charge in [-0.25, -0.2) is 0 Å². The third kappa shape index (κ3) is 3.35. The lowest BCUT2D eigenvalue weighted by Gasteiger charge is -2.22. The number of hydrogen-bond donors (Lipinski definition) is 2. The fraction of sp³-hybridized carbons (Fsp3) is 0.333. The number of alkyl halides is 2. The minimum atomic E-state index is -2.83. The van der Waals surface area contributed by atoms with E-state index in [1.54, 1.807) is 18.2 Å². The van der Waals surface area contributed by atoms with Gasteiger partial charge in [-0.05, 0) is 30.5 Å². The van der Waals surface area contributed by atoms with Crippen LogP contribution in [0.25, 0.3) is 0 Å². The summed E-state index contributed by atoms with van der Waals surface area (Å²) < 4.78 is 29.7. The first-order chi connectivity index (χ1) is 11.1. The minimum Gasteiger partial charge on any atom is -0.434 e. The number of rotatable bonds is 5. The Morgan fingerprint density at radius 2 is 1.74 bits per heavy atom. The summed E-state index contributed by atoms with van der Waals surface area (Å²) in [6.45, 7) is -0.885. The molecule has 3 N–H and O–H groups in total. The summed E-state index contributed by atoms with van der Waals surface area (Å²) in [5, 5.41) is 3.49. The topological polar surface area (TPSA) is 47.3 Å². The zero-order valence-corrected chi connectivity index (χ0v) is 12.9. The second-order valence-electron chi connectivity index (χ2n) is 5.83. The highest BCUT2D eigenvalue weighted by molar-refractivity contribution is 5.39. The molecule has 0 spiro atoms. The third-order valence-corrected chi connectivity index (χ3v) is 4.31. The average Bonchev–Trinajstić information content (AvgIpc) is 2.84. The van der Waals surface area contributed by atoms with Gasteiger partial charge in [-0.1, -0.05) is 42.5 Å². The first-order valence-electron chi connectivity index (χ1n) is 7.70. The molecular weight excluding hydrogens is 298 g/mol. The molecule has 0 aromatic heterocycles. The van der Waals surface area contributed by atoms with Gasteiger partial charge in [0.2, 0.25) is 0 Å². The van der Waals surface area contributed by atoms with Crippen LogP contribution in [-0.2, 0) is 0 Å². The molecule has 0 saturated heterocycles. The molecule has 0 bridgehead atoms. The lowest BCUT2D eigenvalue weighted by atomic mass is 10.0. The maximum absolute atomic E-state index is 12.6. The predicted molar refractivity (Wildman–Crippen MR) is 85.4 cm³/mol. The molecule has 3 atom stereocenters. The van der Waals surface area contributed by atoms with Gasteiger partial charge in [0.25, 0.3) is 0 Å². The first kappa shape index (κ1) is 15.9. The van der Waals surface area contributed by atoms with E-state index in [4.69, 9.17) is 5.73 Å². The Hall–Kier alpha value is -1.98. The molecule has 1 aliphatic carbocycles. The zero-order valence-electron chi connectivity index (χ0n) is 12.9. The Labute approximate surface area is 134 Å². The molecule has 2 aromatic carbocycles. The summed E-state index contributed by atoms with van der Waals surface area (Å²) in [6.07, 6.45) is 0.793. The first-order valence-corrected chi connectivity index (χ1v) is 7.70. The highest BCUT2D eigenvalue weighted by Gasteiger charge is 2.29. The second-order valence-corrected chi connectivity index (χ2v) is 5.83. The van der Waals surface area contributed by atoms with Gasteiger partial charge in [-0.15, -0.1) is 0 Å². The van der Waals surface area contributed by atoms with Crippen molar-refractivity contribution in [3.05, 3.63) is 65.2 Å². The van der Waals surface area contributed by atoms with Crippen molar-refractivity contribution < 1.29 is 13.5 Å². The smallest absolute Gasteiger partial charge is 0.387 e. The average molecular weight is 318 g/mol. The van der Waals surface area contributed by atoms with E-state index in [0.29, 0.717) is 5.56 Å². The standard InChI is InChI=1S/C18H20F2N2O/c1-11(12-6-4-5-9-17(12)23-18(19)20)22-16-10-15(21)13-7-2-3-8-14(13)16/h2-9,11,15-16,18,22H,10,21H2,1H3. The van der Waals surface area contributed by atoms with Crippen LogP contribution >= 0.6 is 0 Å². The minimum absolute atomic E-state index is 0.00320. The Morgan fingerprint density at radius 3 is 2.48 bits per heavy atom. The van der Waals surface area contributed by atoms with Crippen LogP contribution in [0.1, 0.15) is 48.2 Å². The summed E-state index contributed by atoms with van der Waals surface area (Å²) in [5.41, 5.74) is 9.22. The summed E-state index contributed by atoms with van der Waals surface area (Å²) in [4.78, 5) is 0. The number of halogens is 2. The molecule has 3 unspecified atom stereocenters. The van der Waals surface area contributed by atoms with Crippen LogP contribution in [0.5, 0.6) is 5.75 Å². The third-order valence-electron chi connectivity index (χ3n) is 4.31. The van der Waals surface area contributed by atoms with Gasteiger partial charge in [0.1, 0.15) is 5.75 Å². The molecule has 23 heavy (non-hydrogen) atoms. The van der Waals surface area contributed by atoms with Gasteiger partial charge < -0.3 is 15.8 Å². The lowest BCUT2D eigenvalue weighted by Crippen LogP contribution is -2.24. The van der Waals surface area contributed by atoms with Crippen molar-refractivity contribution in [1.29, 1.82) is 0 Å². The van der Waals surface area contributed by atoms with Crippen molar-refractivity contribution >= 4 is 0 Å². The Morgan fingerprint density at radius 1 is 1.09 bits per heavy atom. The highest BCUT2D eigenvalue weighted by atomic mass is 19.3. The number of ether oxygens (including phenoxy) is 1. The van der Waals surface area contributed by atoms with Gasteiger partial charge in [-0.2, -0.15) is 8.78 Å². The molecule has 0 heterocycles. The Balaban J connectivity index is 1.80. The van der Waals surface area contributed by atoms with Crippen LogP contribution in [0.4, 0.5) is 8.78 Å². The molecule has 3 nitrogen and oxygen atoms in total. The van der Waals surface area contributed by atoms with Crippen LogP contribution in [0.15, 0.2) is 48.5 Å². The van der Waals surface area contributed by atoms with Crippen LogP contribution in [0.2, 0.25) is 0 Å². The SMILES string of the molecule is CC(NC1CC(N)c2ccccc21)c1ccccc1OC(F)F. The van der Waals surface area contributed by atoms with Gasteiger partial charge in [-0.3, -0.25) is 0 Å². The Bertz CT molecular complexity index is 678. The molecule has 0 amide bonds. The largest absolute Gasteiger partial charge is 0.434 e. The van der Waals surface area contributed by atoms with E-state index in [9.17, 15) is 8.78 Å². The van der Waals surface area contributed by atoms with Crippen molar-refractivity contribution in [3.8, 4) is 5.75 Å². The predicted octanol–water partition coefficient (Wildman–Crippen LogP) is 4.08. The van der Waals surface area contributed by atoms with Gasteiger partial charge >= 0.3 is 6.61 Å². The molecule has 3 rings (SSSR count). The number of para-hydroxylation sites is 1. The number of benzene rings is 2. The lowest BCUT2D eigenvalue weighted by molar-refractivity contribution is -0.0506.